The van der Waals surface area contributed by atoms with Gasteiger partial charge in [0, 0.05) is 13.0 Å². The molecule has 2 N–H and O–H groups in total. The molecule has 0 aliphatic carbocycles. The molecule has 1 atom stereocenters. The minimum Gasteiger partial charge on any atom is -0.424 e. The van der Waals surface area contributed by atoms with Crippen molar-refractivity contribution >= 4 is 0 Å². The standard InChI is InChI=1S/C9H17N3O2/c1-6(2)8(5-13)10-4-9-12-11-7(3)14-9/h6,8,10,13H,4-5H2,1-3H3. The van der Waals surface area contributed by atoms with Crippen LogP contribution in [0.1, 0.15) is 25.6 Å². The average molecular weight is 199 g/mol. The van der Waals surface area contributed by atoms with E-state index in [4.69, 9.17) is 9.52 Å². The highest BCUT2D eigenvalue weighted by Crippen LogP contribution is 2.03. The summed E-state index contributed by atoms with van der Waals surface area (Å²) < 4.78 is 5.19. The molecule has 14 heavy (non-hydrogen) atoms. The first-order chi connectivity index (χ1) is 6.63. The van der Waals surface area contributed by atoms with Crippen molar-refractivity contribution in [3.05, 3.63) is 11.8 Å². The fraction of sp³-hybridized carbons (Fsp3) is 0.778. The first-order valence-corrected chi connectivity index (χ1v) is 4.76. The topological polar surface area (TPSA) is 71.2 Å². The van der Waals surface area contributed by atoms with Gasteiger partial charge >= 0.3 is 0 Å². The van der Waals surface area contributed by atoms with Gasteiger partial charge in [0.05, 0.1) is 13.2 Å². The van der Waals surface area contributed by atoms with Crippen molar-refractivity contribution in [1.82, 2.24) is 15.5 Å². The second kappa shape index (κ2) is 5.07. The number of aryl methyl sites for hydroxylation is 1. The highest BCUT2D eigenvalue weighted by molar-refractivity contribution is 4.80. The summed E-state index contributed by atoms with van der Waals surface area (Å²) >= 11 is 0. The number of aliphatic hydroxyl groups is 1. The Morgan fingerprint density at radius 2 is 2.14 bits per heavy atom. The summed E-state index contributed by atoms with van der Waals surface area (Å²) in [4.78, 5) is 0. The van der Waals surface area contributed by atoms with Gasteiger partial charge in [0.15, 0.2) is 0 Å². The van der Waals surface area contributed by atoms with E-state index in [0.717, 1.165) is 0 Å². The van der Waals surface area contributed by atoms with Crippen LogP contribution in [0.3, 0.4) is 0 Å². The Kier molecular flexibility index (Phi) is 4.03. The van der Waals surface area contributed by atoms with Gasteiger partial charge in [-0.15, -0.1) is 10.2 Å². The molecule has 0 fully saturated rings. The second-order valence-electron chi connectivity index (χ2n) is 3.63. The van der Waals surface area contributed by atoms with Crippen molar-refractivity contribution in [1.29, 1.82) is 0 Å². The quantitative estimate of drug-likeness (QED) is 0.722. The summed E-state index contributed by atoms with van der Waals surface area (Å²) in [5.41, 5.74) is 0. The Bertz CT molecular complexity index is 273. The SMILES string of the molecule is Cc1nnc(CNC(CO)C(C)C)o1. The number of nitrogens with zero attached hydrogens (tertiary/aromatic N) is 2. The van der Waals surface area contributed by atoms with Gasteiger partial charge in [-0.3, -0.25) is 0 Å². The average Bonchev–Trinajstić information content (AvgIpc) is 2.52. The van der Waals surface area contributed by atoms with Crippen LogP contribution < -0.4 is 5.32 Å². The third-order valence-corrected chi connectivity index (χ3v) is 2.08. The normalized spacial score (nSPS) is 13.5. The van der Waals surface area contributed by atoms with E-state index in [1.54, 1.807) is 6.92 Å². The molecular weight excluding hydrogens is 182 g/mol. The van der Waals surface area contributed by atoms with Crippen molar-refractivity contribution in [2.24, 2.45) is 5.92 Å². The summed E-state index contributed by atoms with van der Waals surface area (Å²) in [5, 5.41) is 19.8. The maximum atomic E-state index is 9.05. The van der Waals surface area contributed by atoms with E-state index in [1.165, 1.54) is 0 Å². The van der Waals surface area contributed by atoms with Crippen molar-refractivity contribution in [3.63, 3.8) is 0 Å². The molecule has 80 valence electrons. The highest BCUT2D eigenvalue weighted by Gasteiger charge is 2.12. The van der Waals surface area contributed by atoms with Crippen LogP contribution in [0.25, 0.3) is 0 Å². The molecule has 0 aliphatic rings. The van der Waals surface area contributed by atoms with Gasteiger partial charge in [-0.1, -0.05) is 13.8 Å². The number of rotatable bonds is 5. The Hall–Kier alpha value is -0.940. The first-order valence-electron chi connectivity index (χ1n) is 4.76. The monoisotopic (exact) mass is 199 g/mol. The van der Waals surface area contributed by atoms with E-state index in [0.29, 0.717) is 24.2 Å². The van der Waals surface area contributed by atoms with Crippen molar-refractivity contribution in [2.45, 2.75) is 33.4 Å². The van der Waals surface area contributed by atoms with Crippen molar-refractivity contribution in [3.8, 4) is 0 Å². The summed E-state index contributed by atoms with van der Waals surface area (Å²) in [7, 11) is 0. The van der Waals surface area contributed by atoms with Crippen LogP contribution in [0.4, 0.5) is 0 Å². The molecule has 0 radical (unpaired) electrons. The lowest BCUT2D eigenvalue weighted by atomic mass is 10.1. The second-order valence-corrected chi connectivity index (χ2v) is 3.63. The minimum absolute atomic E-state index is 0.0715. The molecule has 1 aromatic rings. The zero-order chi connectivity index (χ0) is 10.6. The maximum absolute atomic E-state index is 9.05. The predicted molar refractivity (Wildman–Crippen MR) is 51.6 cm³/mol. The van der Waals surface area contributed by atoms with Gasteiger partial charge in [-0.2, -0.15) is 0 Å². The smallest absolute Gasteiger partial charge is 0.230 e. The van der Waals surface area contributed by atoms with Gasteiger partial charge in [-0.25, -0.2) is 0 Å². The van der Waals surface area contributed by atoms with E-state index in [-0.39, 0.29) is 12.6 Å². The Labute approximate surface area is 83.5 Å². The molecule has 0 aliphatic heterocycles. The van der Waals surface area contributed by atoms with E-state index in [9.17, 15) is 0 Å². The Morgan fingerprint density at radius 1 is 1.43 bits per heavy atom. The lowest BCUT2D eigenvalue weighted by Crippen LogP contribution is -2.36. The fourth-order valence-electron chi connectivity index (χ4n) is 1.14. The predicted octanol–water partition coefficient (Wildman–Crippen LogP) is 0.485. The molecule has 0 saturated carbocycles. The van der Waals surface area contributed by atoms with Gasteiger partial charge in [0.25, 0.3) is 0 Å². The molecule has 0 aromatic carbocycles. The Morgan fingerprint density at radius 3 is 2.57 bits per heavy atom. The van der Waals surface area contributed by atoms with Crippen LogP contribution in [-0.4, -0.2) is 28.0 Å². The molecule has 0 bridgehead atoms. The zero-order valence-electron chi connectivity index (χ0n) is 8.82. The lowest BCUT2D eigenvalue weighted by molar-refractivity contribution is 0.206. The molecule has 1 unspecified atom stereocenters. The van der Waals surface area contributed by atoms with Crippen LogP contribution in [0, 0.1) is 12.8 Å². The lowest BCUT2D eigenvalue weighted by Gasteiger charge is -2.18. The number of aliphatic hydroxyl groups excluding tert-OH is 1. The molecule has 0 saturated heterocycles. The molecule has 0 amide bonds. The third-order valence-electron chi connectivity index (χ3n) is 2.08. The number of hydrogen-bond acceptors (Lipinski definition) is 5. The molecule has 5 heteroatoms. The van der Waals surface area contributed by atoms with Crippen LogP contribution in [-0.2, 0) is 6.54 Å². The molecule has 1 rings (SSSR count). The summed E-state index contributed by atoms with van der Waals surface area (Å²) in [6.45, 7) is 6.47. The number of nitrogens with one attached hydrogen (secondary N) is 1. The van der Waals surface area contributed by atoms with E-state index in [2.05, 4.69) is 15.5 Å². The van der Waals surface area contributed by atoms with Gasteiger partial charge < -0.3 is 14.8 Å². The zero-order valence-corrected chi connectivity index (χ0v) is 8.82. The van der Waals surface area contributed by atoms with Crippen LogP contribution in [0.2, 0.25) is 0 Å². The minimum atomic E-state index is 0.0715. The number of aromatic nitrogens is 2. The van der Waals surface area contributed by atoms with Gasteiger partial charge in [-0.05, 0) is 5.92 Å². The number of hydrogen-bond donors (Lipinski definition) is 2. The van der Waals surface area contributed by atoms with E-state index in [1.807, 2.05) is 13.8 Å². The molecule has 1 aromatic heterocycles. The van der Waals surface area contributed by atoms with Crippen molar-refractivity contribution in [2.75, 3.05) is 6.61 Å². The van der Waals surface area contributed by atoms with Crippen LogP contribution >= 0.6 is 0 Å². The first kappa shape index (κ1) is 11.1. The van der Waals surface area contributed by atoms with Crippen molar-refractivity contribution < 1.29 is 9.52 Å². The summed E-state index contributed by atoms with van der Waals surface area (Å²) in [5.74, 6) is 1.50. The van der Waals surface area contributed by atoms with Gasteiger partial charge in [0.2, 0.25) is 11.8 Å². The molecule has 0 spiro atoms. The van der Waals surface area contributed by atoms with E-state index < -0.39 is 0 Å². The van der Waals surface area contributed by atoms with Gasteiger partial charge in [0.1, 0.15) is 0 Å². The van der Waals surface area contributed by atoms with E-state index >= 15 is 0 Å². The van der Waals surface area contributed by atoms with Crippen LogP contribution in [0.15, 0.2) is 4.42 Å². The van der Waals surface area contributed by atoms with Crippen LogP contribution in [0.5, 0.6) is 0 Å². The largest absolute Gasteiger partial charge is 0.424 e. The molecular formula is C9H17N3O2. The maximum Gasteiger partial charge on any atom is 0.230 e. The summed E-state index contributed by atoms with van der Waals surface area (Å²) in [6, 6.07) is 0.0715. The highest BCUT2D eigenvalue weighted by atomic mass is 16.4. The Balaban J connectivity index is 2.39. The molecule has 5 nitrogen and oxygen atoms in total. The molecule has 1 heterocycles. The third kappa shape index (κ3) is 3.08. The fourth-order valence-corrected chi connectivity index (χ4v) is 1.14. The summed E-state index contributed by atoms with van der Waals surface area (Å²) in [6.07, 6.45) is 0.